The van der Waals surface area contributed by atoms with Gasteiger partial charge in [-0.05, 0) is 37.6 Å². The molecule has 2 aromatic heterocycles. The fourth-order valence-corrected chi connectivity index (χ4v) is 2.14. The molecule has 3 aromatic rings. The summed E-state index contributed by atoms with van der Waals surface area (Å²) in [6.07, 6.45) is 2.63. The third-order valence-corrected chi connectivity index (χ3v) is 3.22. The summed E-state index contributed by atoms with van der Waals surface area (Å²) < 4.78 is 5.19. The fourth-order valence-electron chi connectivity index (χ4n) is 2.14. The van der Waals surface area contributed by atoms with Crippen molar-refractivity contribution in [3.63, 3.8) is 0 Å². The monoisotopic (exact) mass is 316 g/mol. The molecule has 0 fully saturated rings. The van der Waals surface area contributed by atoms with Gasteiger partial charge in [0, 0.05) is 17.3 Å². The van der Waals surface area contributed by atoms with Crippen LogP contribution in [-0.4, -0.2) is 21.7 Å². The third-order valence-electron chi connectivity index (χ3n) is 3.22. The number of nitrogens with two attached hydrogens (primary N) is 1. The zero-order valence-electron chi connectivity index (χ0n) is 12.2. The number of halogens is 1. The standard InChI is InChI=1S/C16H16N4O.ClH/c1-11-19-16(21-20-11)14-7-9-18-15(10-14)13-4-2-12(3-5-13)6-8-17;/h2-5,7,9-10H,6,8,17H2,1H3;1H. The van der Waals surface area contributed by atoms with E-state index in [0.717, 1.165) is 23.2 Å². The first kappa shape index (κ1) is 16.1. The van der Waals surface area contributed by atoms with Crippen molar-refractivity contribution in [1.29, 1.82) is 0 Å². The highest BCUT2D eigenvalue weighted by molar-refractivity contribution is 5.85. The summed E-state index contributed by atoms with van der Waals surface area (Å²) in [5.74, 6) is 1.13. The molecular formula is C16H17ClN4O. The molecular weight excluding hydrogens is 300 g/mol. The smallest absolute Gasteiger partial charge is 0.258 e. The van der Waals surface area contributed by atoms with Crippen LogP contribution in [-0.2, 0) is 6.42 Å². The van der Waals surface area contributed by atoms with Crippen LogP contribution in [0.4, 0.5) is 0 Å². The van der Waals surface area contributed by atoms with Crippen molar-refractivity contribution in [2.75, 3.05) is 6.54 Å². The highest BCUT2D eigenvalue weighted by Crippen LogP contribution is 2.23. The lowest BCUT2D eigenvalue weighted by Crippen LogP contribution is -2.02. The molecule has 0 aliphatic rings. The van der Waals surface area contributed by atoms with Crippen LogP contribution in [0.25, 0.3) is 22.7 Å². The molecule has 3 rings (SSSR count). The first-order valence-corrected chi connectivity index (χ1v) is 6.82. The second kappa shape index (κ2) is 7.15. The minimum absolute atomic E-state index is 0. The summed E-state index contributed by atoms with van der Waals surface area (Å²) in [6.45, 7) is 2.45. The maximum atomic E-state index is 5.56. The van der Waals surface area contributed by atoms with E-state index in [1.54, 1.807) is 13.1 Å². The Balaban J connectivity index is 0.00000176. The molecule has 0 atom stereocenters. The Labute approximate surface area is 135 Å². The summed E-state index contributed by atoms with van der Waals surface area (Å²) in [4.78, 5) is 8.64. The summed E-state index contributed by atoms with van der Waals surface area (Å²) in [6, 6.07) is 12.1. The van der Waals surface area contributed by atoms with Crippen molar-refractivity contribution >= 4 is 12.4 Å². The van der Waals surface area contributed by atoms with Crippen LogP contribution in [0.15, 0.2) is 47.1 Å². The Morgan fingerprint density at radius 2 is 1.86 bits per heavy atom. The SMILES string of the molecule is Cc1noc(-c2ccnc(-c3ccc(CCN)cc3)c2)n1.Cl. The van der Waals surface area contributed by atoms with Gasteiger partial charge in [-0.25, -0.2) is 0 Å². The molecule has 22 heavy (non-hydrogen) atoms. The fraction of sp³-hybridized carbons (Fsp3) is 0.188. The zero-order chi connectivity index (χ0) is 14.7. The van der Waals surface area contributed by atoms with Crippen LogP contribution in [0.2, 0.25) is 0 Å². The molecule has 0 radical (unpaired) electrons. The molecule has 1 aromatic carbocycles. The number of benzene rings is 1. The van der Waals surface area contributed by atoms with Gasteiger partial charge in [-0.2, -0.15) is 4.98 Å². The molecule has 6 heteroatoms. The molecule has 0 bridgehead atoms. The van der Waals surface area contributed by atoms with Crippen molar-refractivity contribution in [3.8, 4) is 22.7 Å². The molecule has 5 nitrogen and oxygen atoms in total. The lowest BCUT2D eigenvalue weighted by molar-refractivity contribution is 0.425. The van der Waals surface area contributed by atoms with Crippen molar-refractivity contribution in [1.82, 2.24) is 15.1 Å². The molecule has 0 saturated carbocycles. The largest absolute Gasteiger partial charge is 0.334 e. The average molecular weight is 317 g/mol. The second-order valence-electron chi connectivity index (χ2n) is 4.81. The number of rotatable bonds is 4. The van der Waals surface area contributed by atoms with Crippen LogP contribution in [0.1, 0.15) is 11.4 Å². The number of nitrogens with zero attached hydrogens (tertiary/aromatic N) is 3. The van der Waals surface area contributed by atoms with E-state index in [2.05, 4.69) is 39.4 Å². The number of hydrogen-bond donors (Lipinski definition) is 1. The van der Waals surface area contributed by atoms with Gasteiger partial charge in [-0.1, -0.05) is 29.4 Å². The Morgan fingerprint density at radius 1 is 1.09 bits per heavy atom. The van der Waals surface area contributed by atoms with Gasteiger partial charge < -0.3 is 10.3 Å². The lowest BCUT2D eigenvalue weighted by Gasteiger charge is -2.04. The van der Waals surface area contributed by atoms with Gasteiger partial charge in [0.05, 0.1) is 5.69 Å². The normalized spacial score (nSPS) is 10.3. The Hall–Kier alpha value is -2.24. The van der Waals surface area contributed by atoms with Crippen molar-refractivity contribution < 1.29 is 4.52 Å². The van der Waals surface area contributed by atoms with Gasteiger partial charge >= 0.3 is 0 Å². The van der Waals surface area contributed by atoms with Crippen molar-refractivity contribution in [2.24, 2.45) is 5.73 Å². The van der Waals surface area contributed by atoms with Gasteiger partial charge in [-0.3, -0.25) is 4.98 Å². The topological polar surface area (TPSA) is 77.8 Å². The second-order valence-corrected chi connectivity index (χ2v) is 4.81. The number of aryl methyl sites for hydroxylation is 1. The molecule has 114 valence electrons. The average Bonchev–Trinajstić information content (AvgIpc) is 2.95. The molecule has 0 saturated heterocycles. The van der Waals surface area contributed by atoms with E-state index in [4.69, 9.17) is 10.3 Å². The maximum absolute atomic E-state index is 5.56. The highest BCUT2D eigenvalue weighted by Gasteiger charge is 2.08. The predicted molar refractivity (Wildman–Crippen MR) is 87.7 cm³/mol. The Morgan fingerprint density at radius 3 is 2.50 bits per heavy atom. The molecule has 2 N–H and O–H groups in total. The van der Waals surface area contributed by atoms with Gasteiger partial charge in [0.1, 0.15) is 0 Å². The van der Waals surface area contributed by atoms with Crippen molar-refractivity contribution in [2.45, 2.75) is 13.3 Å². The predicted octanol–water partition coefficient (Wildman–Crippen LogP) is 3.03. The van der Waals surface area contributed by atoms with Crippen LogP contribution in [0, 0.1) is 6.92 Å². The first-order chi connectivity index (χ1) is 10.3. The summed E-state index contributed by atoms with van der Waals surface area (Å²) in [7, 11) is 0. The van der Waals surface area contributed by atoms with Crippen molar-refractivity contribution in [3.05, 3.63) is 54.0 Å². The first-order valence-electron chi connectivity index (χ1n) is 6.82. The highest BCUT2D eigenvalue weighted by atomic mass is 35.5. The van der Waals surface area contributed by atoms with E-state index in [-0.39, 0.29) is 12.4 Å². The van der Waals surface area contributed by atoms with E-state index in [1.807, 2.05) is 12.1 Å². The quantitative estimate of drug-likeness (QED) is 0.800. The lowest BCUT2D eigenvalue weighted by atomic mass is 10.1. The zero-order valence-corrected chi connectivity index (χ0v) is 13.0. The third kappa shape index (κ3) is 3.50. The molecule has 0 aliphatic carbocycles. The van der Waals surface area contributed by atoms with Gasteiger partial charge in [0.25, 0.3) is 5.89 Å². The van der Waals surface area contributed by atoms with Crippen LogP contribution >= 0.6 is 12.4 Å². The van der Waals surface area contributed by atoms with E-state index in [9.17, 15) is 0 Å². The van der Waals surface area contributed by atoms with Crippen LogP contribution in [0.3, 0.4) is 0 Å². The van der Waals surface area contributed by atoms with Crippen LogP contribution < -0.4 is 5.73 Å². The maximum Gasteiger partial charge on any atom is 0.258 e. The summed E-state index contributed by atoms with van der Waals surface area (Å²) >= 11 is 0. The Kier molecular flexibility index (Phi) is 5.25. The molecule has 0 amide bonds. The van der Waals surface area contributed by atoms with Gasteiger partial charge in [-0.15, -0.1) is 12.4 Å². The van der Waals surface area contributed by atoms with Gasteiger partial charge in [0.15, 0.2) is 5.82 Å². The molecule has 0 unspecified atom stereocenters. The molecule has 0 aliphatic heterocycles. The van der Waals surface area contributed by atoms with Crippen LogP contribution in [0.5, 0.6) is 0 Å². The van der Waals surface area contributed by atoms with E-state index >= 15 is 0 Å². The number of pyridine rings is 1. The van der Waals surface area contributed by atoms with E-state index in [1.165, 1.54) is 5.56 Å². The Bertz CT molecular complexity index is 740. The van der Waals surface area contributed by atoms with E-state index < -0.39 is 0 Å². The minimum atomic E-state index is 0. The molecule has 2 heterocycles. The minimum Gasteiger partial charge on any atom is -0.334 e. The summed E-state index contributed by atoms with van der Waals surface area (Å²) in [5.41, 5.74) is 9.58. The number of hydrogen-bond acceptors (Lipinski definition) is 5. The van der Waals surface area contributed by atoms with Gasteiger partial charge in [0.2, 0.25) is 0 Å². The number of aromatic nitrogens is 3. The van der Waals surface area contributed by atoms with E-state index in [0.29, 0.717) is 18.3 Å². The molecule has 0 spiro atoms. The summed E-state index contributed by atoms with van der Waals surface area (Å²) in [5, 5.41) is 3.81.